The molecular weight excluding hydrogens is 402 g/mol. The van der Waals surface area contributed by atoms with Gasteiger partial charge in [-0.25, -0.2) is 9.48 Å². The molecule has 162 valence electrons. The molecule has 2 atom stereocenters. The third-order valence-electron chi connectivity index (χ3n) is 5.68. The molecule has 0 aliphatic heterocycles. The number of methoxy groups -OCH3 is 1. The maximum Gasteiger partial charge on any atom is 0.319 e. The first kappa shape index (κ1) is 21.2. The quantitative estimate of drug-likeness (QED) is 0.582. The van der Waals surface area contributed by atoms with Crippen molar-refractivity contribution in [3.05, 3.63) is 83.2 Å². The molecule has 0 fully saturated rings. The van der Waals surface area contributed by atoms with Gasteiger partial charge < -0.3 is 15.4 Å². The molecule has 1 heterocycles. The van der Waals surface area contributed by atoms with Crippen molar-refractivity contribution < 1.29 is 9.53 Å². The Morgan fingerprint density at radius 1 is 1.19 bits per heavy atom. The molecule has 0 radical (unpaired) electrons. The zero-order valence-electron chi connectivity index (χ0n) is 18.3. The van der Waals surface area contributed by atoms with Crippen molar-refractivity contribution in [3.63, 3.8) is 0 Å². The smallest absolute Gasteiger partial charge is 0.319 e. The molecule has 32 heavy (non-hydrogen) atoms. The van der Waals surface area contributed by atoms with Crippen molar-refractivity contribution in [2.24, 2.45) is 0 Å². The number of carbonyl (C=O) groups is 1. The van der Waals surface area contributed by atoms with E-state index in [-0.39, 0.29) is 18.0 Å². The minimum Gasteiger partial charge on any atom is -0.497 e. The summed E-state index contributed by atoms with van der Waals surface area (Å²) in [6.07, 6.45) is 4.93. The lowest BCUT2D eigenvalue weighted by atomic mass is 9.96. The molecular formula is C25H25N5O2. The Morgan fingerprint density at radius 2 is 1.97 bits per heavy atom. The van der Waals surface area contributed by atoms with E-state index in [1.54, 1.807) is 31.4 Å². The van der Waals surface area contributed by atoms with Gasteiger partial charge in [0.25, 0.3) is 0 Å². The number of aromatic nitrogens is 2. The Balaban J connectivity index is 1.43. The van der Waals surface area contributed by atoms with E-state index < -0.39 is 0 Å². The molecule has 0 saturated carbocycles. The standard InChI is InChI=1S/C25H25N5O2/c1-16-24(17(2)30(29-16)22-9-11-23(32-3)12-10-22)19-7-8-21(14-19)28-25(31)27-20-6-4-5-18(13-20)15-26/h4-13,19,21H,14H2,1-3H3,(H2,27,28,31)/t19-,21+/m0/s1. The normalized spacial score (nSPS) is 17.1. The Hall–Kier alpha value is -4.05. The third-order valence-corrected chi connectivity index (χ3v) is 5.68. The Bertz CT molecular complexity index is 1200. The number of benzene rings is 2. The number of hydrogen-bond donors (Lipinski definition) is 2. The largest absolute Gasteiger partial charge is 0.497 e. The van der Waals surface area contributed by atoms with Gasteiger partial charge in [-0.15, -0.1) is 0 Å². The highest BCUT2D eigenvalue weighted by atomic mass is 16.5. The summed E-state index contributed by atoms with van der Waals surface area (Å²) in [6.45, 7) is 4.09. The Labute approximate surface area is 187 Å². The number of rotatable bonds is 5. The minimum absolute atomic E-state index is 0.0812. The molecule has 2 amide bonds. The van der Waals surface area contributed by atoms with E-state index in [9.17, 15) is 4.79 Å². The van der Waals surface area contributed by atoms with E-state index in [0.717, 1.165) is 29.2 Å². The number of anilines is 1. The lowest BCUT2D eigenvalue weighted by Gasteiger charge is -2.15. The fourth-order valence-electron chi connectivity index (χ4n) is 4.19. The molecule has 3 aromatic rings. The van der Waals surface area contributed by atoms with Crippen LogP contribution in [0, 0.1) is 25.2 Å². The first-order chi connectivity index (χ1) is 15.5. The monoisotopic (exact) mass is 427 g/mol. The summed E-state index contributed by atoms with van der Waals surface area (Å²) in [7, 11) is 1.65. The van der Waals surface area contributed by atoms with Crippen LogP contribution in [0.1, 0.15) is 34.9 Å². The number of aryl methyl sites for hydroxylation is 1. The fourth-order valence-corrected chi connectivity index (χ4v) is 4.19. The molecule has 0 saturated heterocycles. The highest BCUT2D eigenvalue weighted by Gasteiger charge is 2.27. The SMILES string of the molecule is COc1ccc(-n2nc(C)c([C@H]3C=C[C@@H](NC(=O)Nc4cccc(C#N)c4)C3)c2C)cc1. The highest BCUT2D eigenvalue weighted by molar-refractivity contribution is 5.89. The van der Waals surface area contributed by atoms with Crippen LogP contribution < -0.4 is 15.4 Å². The number of allylic oxidation sites excluding steroid dienone is 1. The minimum atomic E-state index is -0.294. The fraction of sp³-hybridized carbons (Fsp3) is 0.240. The number of amides is 2. The molecule has 1 aliphatic rings. The number of nitriles is 1. The van der Waals surface area contributed by atoms with E-state index in [2.05, 4.69) is 29.7 Å². The molecule has 1 aromatic heterocycles. The van der Waals surface area contributed by atoms with Gasteiger partial charge in [0, 0.05) is 28.9 Å². The van der Waals surface area contributed by atoms with Crippen LogP contribution in [0.2, 0.25) is 0 Å². The lowest BCUT2D eigenvalue weighted by Crippen LogP contribution is -2.36. The van der Waals surface area contributed by atoms with Crippen molar-refractivity contribution >= 4 is 11.7 Å². The molecule has 0 bridgehead atoms. The highest BCUT2D eigenvalue weighted by Crippen LogP contribution is 2.34. The van der Waals surface area contributed by atoms with Crippen LogP contribution in [0.3, 0.4) is 0 Å². The molecule has 7 nitrogen and oxygen atoms in total. The number of nitrogens with zero attached hydrogens (tertiary/aromatic N) is 3. The predicted octanol–water partition coefficient (Wildman–Crippen LogP) is 4.60. The van der Waals surface area contributed by atoms with Crippen LogP contribution in [0.5, 0.6) is 5.75 Å². The maximum atomic E-state index is 12.4. The molecule has 4 rings (SSSR count). The van der Waals surface area contributed by atoms with E-state index in [0.29, 0.717) is 11.3 Å². The lowest BCUT2D eigenvalue weighted by molar-refractivity contribution is 0.250. The Morgan fingerprint density at radius 3 is 2.69 bits per heavy atom. The maximum absolute atomic E-state index is 12.4. The summed E-state index contributed by atoms with van der Waals surface area (Å²) in [5, 5.41) is 19.5. The van der Waals surface area contributed by atoms with Crippen LogP contribution in [0.4, 0.5) is 10.5 Å². The number of hydrogen-bond acceptors (Lipinski definition) is 4. The van der Waals surface area contributed by atoms with E-state index in [1.807, 2.05) is 41.9 Å². The van der Waals surface area contributed by atoms with Crippen LogP contribution in [0.25, 0.3) is 5.69 Å². The third kappa shape index (κ3) is 4.35. The summed E-state index contributed by atoms with van der Waals surface area (Å²) in [5.41, 5.74) is 5.32. The van der Waals surface area contributed by atoms with Crippen LogP contribution in [0.15, 0.2) is 60.7 Å². The molecule has 0 unspecified atom stereocenters. The summed E-state index contributed by atoms with van der Waals surface area (Å²) in [5.74, 6) is 0.981. The first-order valence-corrected chi connectivity index (χ1v) is 10.4. The van der Waals surface area contributed by atoms with Crippen molar-refractivity contribution in [1.82, 2.24) is 15.1 Å². The first-order valence-electron chi connectivity index (χ1n) is 10.4. The molecule has 2 N–H and O–H groups in total. The summed E-state index contributed by atoms with van der Waals surface area (Å²) < 4.78 is 7.20. The predicted molar refractivity (Wildman–Crippen MR) is 123 cm³/mol. The van der Waals surface area contributed by atoms with Gasteiger partial charge in [-0.1, -0.05) is 18.2 Å². The molecule has 1 aliphatic carbocycles. The van der Waals surface area contributed by atoms with Gasteiger partial charge in [0.05, 0.1) is 30.1 Å². The van der Waals surface area contributed by atoms with E-state index in [1.165, 1.54) is 5.56 Å². The van der Waals surface area contributed by atoms with Crippen molar-refractivity contribution in [2.75, 3.05) is 12.4 Å². The average Bonchev–Trinajstić information content (AvgIpc) is 3.36. The zero-order chi connectivity index (χ0) is 22.7. The van der Waals surface area contributed by atoms with Gasteiger partial charge in [0.15, 0.2) is 0 Å². The molecule has 7 heteroatoms. The number of nitrogens with one attached hydrogen (secondary N) is 2. The number of carbonyl (C=O) groups excluding carboxylic acids is 1. The van der Waals surface area contributed by atoms with E-state index in [4.69, 9.17) is 15.1 Å². The number of urea groups is 1. The zero-order valence-corrected chi connectivity index (χ0v) is 18.3. The summed E-state index contributed by atoms with van der Waals surface area (Å²) >= 11 is 0. The van der Waals surface area contributed by atoms with Gasteiger partial charge in [-0.05, 0) is 62.7 Å². The van der Waals surface area contributed by atoms with E-state index >= 15 is 0 Å². The van der Waals surface area contributed by atoms with Crippen LogP contribution >= 0.6 is 0 Å². The Kier molecular flexibility index (Phi) is 5.95. The van der Waals surface area contributed by atoms with Crippen LogP contribution in [-0.2, 0) is 0 Å². The van der Waals surface area contributed by atoms with Gasteiger partial charge >= 0.3 is 6.03 Å². The second-order valence-electron chi connectivity index (χ2n) is 7.82. The van der Waals surface area contributed by atoms with Crippen molar-refractivity contribution in [1.29, 1.82) is 5.26 Å². The van der Waals surface area contributed by atoms with Crippen molar-refractivity contribution in [2.45, 2.75) is 32.2 Å². The van der Waals surface area contributed by atoms with Crippen LogP contribution in [-0.4, -0.2) is 29.0 Å². The van der Waals surface area contributed by atoms with Gasteiger partial charge in [-0.2, -0.15) is 10.4 Å². The molecule has 2 aromatic carbocycles. The molecule has 0 spiro atoms. The van der Waals surface area contributed by atoms with Crippen molar-refractivity contribution in [3.8, 4) is 17.5 Å². The summed E-state index contributed by atoms with van der Waals surface area (Å²) in [4.78, 5) is 12.4. The van der Waals surface area contributed by atoms with Gasteiger partial charge in [-0.3, -0.25) is 0 Å². The van der Waals surface area contributed by atoms with Gasteiger partial charge in [0.2, 0.25) is 0 Å². The second-order valence-corrected chi connectivity index (χ2v) is 7.82. The summed E-state index contributed by atoms with van der Waals surface area (Å²) in [6, 6.07) is 16.4. The second kappa shape index (κ2) is 8.98. The van der Waals surface area contributed by atoms with Gasteiger partial charge in [0.1, 0.15) is 5.75 Å². The number of ether oxygens (including phenoxy) is 1. The topological polar surface area (TPSA) is 92.0 Å². The average molecular weight is 428 g/mol.